The van der Waals surface area contributed by atoms with E-state index in [1.54, 1.807) is 7.11 Å². The second-order valence-corrected chi connectivity index (χ2v) is 4.25. The third kappa shape index (κ3) is 5.74. The highest BCUT2D eigenvalue weighted by molar-refractivity contribution is 5.76. The van der Waals surface area contributed by atoms with E-state index in [1.807, 2.05) is 20.8 Å². The minimum absolute atomic E-state index is 0.0497. The molecule has 0 aromatic carbocycles. The molecule has 0 saturated carbocycles. The number of carbonyl (C=O) groups excluding carboxylic acids is 1. The number of nitrogens with one attached hydrogen (secondary N) is 1. The van der Waals surface area contributed by atoms with Gasteiger partial charge in [-0.05, 0) is 26.7 Å². The van der Waals surface area contributed by atoms with Crippen LogP contribution in [0, 0.1) is 0 Å². The molecular weight excluding hydrogens is 192 g/mol. The Bertz CT molecular complexity index is 191. The van der Waals surface area contributed by atoms with Crippen LogP contribution in [0.4, 0.5) is 0 Å². The second-order valence-electron chi connectivity index (χ2n) is 4.25. The van der Waals surface area contributed by atoms with E-state index < -0.39 is 0 Å². The summed E-state index contributed by atoms with van der Waals surface area (Å²) >= 11 is 0. The Labute approximate surface area is 92.6 Å². The van der Waals surface area contributed by atoms with Crippen LogP contribution in [0.2, 0.25) is 0 Å². The van der Waals surface area contributed by atoms with Crippen LogP contribution in [0.5, 0.6) is 0 Å². The summed E-state index contributed by atoms with van der Waals surface area (Å²) in [4.78, 5) is 11.6. The van der Waals surface area contributed by atoms with Gasteiger partial charge in [-0.25, -0.2) is 0 Å². The number of rotatable bonds is 7. The van der Waals surface area contributed by atoms with Gasteiger partial charge in [-0.1, -0.05) is 6.92 Å². The van der Waals surface area contributed by atoms with Gasteiger partial charge in [-0.2, -0.15) is 0 Å². The van der Waals surface area contributed by atoms with E-state index in [0.717, 1.165) is 12.8 Å². The second kappa shape index (κ2) is 6.80. The number of carbonyl (C=O) groups is 1. The van der Waals surface area contributed by atoms with Gasteiger partial charge in [0.2, 0.25) is 5.91 Å². The summed E-state index contributed by atoms with van der Waals surface area (Å²) in [6.07, 6.45) is 2.20. The maximum Gasteiger partial charge on any atom is 0.220 e. The van der Waals surface area contributed by atoms with Gasteiger partial charge in [0.25, 0.3) is 0 Å². The first-order valence-electron chi connectivity index (χ1n) is 5.51. The molecule has 0 spiro atoms. The molecule has 0 saturated heterocycles. The van der Waals surface area contributed by atoms with Gasteiger partial charge in [0.1, 0.15) is 0 Å². The molecule has 4 heteroatoms. The third-order valence-electron chi connectivity index (χ3n) is 2.85. The zero-order valence-corrected chi connectivity index (χ0v) is 10.3. The van der Waals surface area contributed by atoms with Gasteiger partial charge in [-0.15, -0.1) is 0 Å². The van der Waals surface area contributed by atoms with Crippen LogP contribution in [0.3, 0.4) is 0 Å². The summed E-state index contributed by atoms with van der Waals surface area (Å²) < 4.78 is 5.08. The molecule has 1 amide bonds. The van der Waals surface area contributed by atoms with Gasteiger partial charge in [0, 0.05) is 25.6 Å². The summed E-state index contributed by atoms with van der Waals surface area (Å²) in [5.41, 5.74) is 5.34. The monoisotopic (exact) mass is 216 g/mol. The van der Waals surface area contributed by atoms with Crippen LogP contribution < -0.4 is 11.1 Å². The SMILES string of the molecule is CCC(C)(CN)NC(=O)CCC(C)OC. The number of nitrogens with two attached hydrogens (primary N) is 1. The van der Waals surface area contributed by atoms with Crippen molar-refractivity contribution in [2.75, 3.05) is 13.7 Å². The molecule has 0 aliphatic heterocycles. The number of ether oxygens (including phenoxy) is 1. The highest BCUT2D eigenvalue weighted by Crippen LogP contribution is 2.08. The fraction of sp³-hybridized carbons (Fsp3) is 0.909. The number of hydrogen-bond acceptors (Lipinski definition) is 3. The molecule has 15 heavy (non-hydrogen) atoms. The van der Waals surface area contributed by atoms with E-state index in [0.29, 0.717) is 13.0 Å². The molecule has 0 aliphatic carbocycles. The van der Waals surface area contributed by atoms with Gasteiger partial charge in [0.15, 0.2) is 0 Å². The lowest BCUT2D eigenvalue weighted by Crippen LogP contribution is -2.50. The van der Waals surface area contributed by atoms with Crippen LogP contribution in [-0.4, -0.2) is 31.2 Å². The first-order chi connectivity index (χ1) is 6.97. The van der Waals surface area contributed by atoms with Crippen LogP contribution in [0.1, 0.15) is 40.0 Å². The lowest BCUT2D eigenvalue weighted by Gasteiger charge is -2.28. The molecular formula is C11H24N2O2. The summed E-state index contributed by atoms with van der Waals surface area (Å²) in [5.74, 6) is 0.0497. The van der Waals surface area contributed by atoms with Crippen molar-refractivity contribution in [3.63, 3.8) is 0 Å². The van der Waals surface area contributed by atoms with Crippen LogP contribution in [-0.2, 0) is 9.53 Å². The average Bonchev–Trinajstić information content (AvgIpc) is 2.25. The topological polar surface area (TPSA) is 64.3 Å². The fourth-order valence-electron chi connectivity index (χ4n) is 1.14. The average molecular weight is 216 g/mol. The molecule has 2 atom stereocenters. The van der Waals surface area contributed by atoms with Crippen LogP contribution >= 0.6 is 0 Å². The van der Waals surface area contributed by atoms with E-state index in [9.17, 15) is 4.79 Å². The summed E-state index contributed by atoms with van der Waals surface area (Å²) in [7, 11) is 1.65. The first kappa shape index (κ1) is 14.4. The summed E-state index contributed by atoms with van der Waals surface area (Å²) in [6, 6.07) is 0. The van der Waals surface area contributed by atoms with Crippen molar-refractivity contribution >= 4 is 5.91 Å². The standard InChI is InChI=1S/C11H24N2O2/c1-5-11(3,8-12)13-10(14)7-6-9(2)15-4/h9H,5-8,12H2,1-4H3,(H,13,14). The van der Waals surface area contributed by atoms with Gasteiger partial charge < -0.3 is 15.8 Å². The Morgan fingerprint density at radius 3 is 2.60 bits per heavy atom. The van der Waals surface area contributed by atoms with Crippen molar-refractivity contribution < 1.29 is 9.53 Å². The van der Waals surface area contributed by atoms with Crippen molar-refractivity contribution in [2.24, 2.45) is 5.73 Å². The largest absolute Gasteiger partial charge is 0.382 e. The van der Waals surface area contributed by atoms with Gasteiger partial charge in [0.05, 0.1) is 6.10 Å². The molecule has 90 valence electrons. The maximum atomic E-state index is 11.6. The van der Waals surface area contributed by atoms with E-state index >= 15 is 0 Å². The molecule has 0 bridgehead atoms. The van der Waals surface area contributed by atoms with Crippen molar-refractivity contribution in [3.8, 4) is 0 Å². The summed E-state index contributed by atoms with van der Waals surface area (Å²) in [6.45, 7) is 6.40. The molecule has 0 aromatic rings. The molecule has 2 unspecified atom stereocenters. The molecule has 4 nitrogen and oxygen atoms in total. The molecule has 0 aromatic heterocycles. The summed E-state index contributed by atoms with van der Waals surface area (Å²) in [5, 5.41) is 2.95. The number of methoxy groups -OCH3 is 1. The van der Waals surface area contributed by atoms with Crippen molar-refractivity contribution in [3.05, 3.63) is 0 Å². The van der Waals surface area contributed by atoms with E-state index in [2.05, 4.69) is 5.32 Å². The van der Waals surface area contributed by atoms with Gasteiger partial charge in [-0.3, -0.25) is 4.79 Å². The minimum Gasteiger partial charge on any atom is -0.382 e. The Hall–Kier alpha value is -0.610. The van der Waals surface area contributed by atoms with E-state index in [4.69, 9.17) is 10.5 Å². The van der Waals surface area contributed by atoms with Crippen molar-refractivity contribution in [1.82, 2.24) is 5.32 Å². The van der Waals surface area contributed by atoms with Crippen LogP contribution in [0.25, 0.3) is 0 Å². The predicted molar refractivity (Wildman–Crippen MR) is 61.6 cm³/mol. The Kier molecular flexibility index (Phi) is 6.52. The molecule has 0 aliphatic rings. The normalized spacial score (nSPS) is 16.9. The molecule has 0 radical (unpaired) electrons. The highest BCUT2D eigenvalue weighted by Gasteiger charge is 2.22. The molecule has 3 N–H and O–H groups in total. The zero-order valence-electron chi connectivity index (χ0n) is 10.3. The van der Waals surface area contributed by atoms with Crippen molar-refractivity contribution in [1.29, 1.82) is 0 Å². The maximum absolute atomic E-state index is 11.6. The smallest absolute Gasteiger partial charge is 0.220 e. The zero-order chi connectivity index (χ0) is 11.9. The number of hydrogen-bond donors (Lipinski definition) is 2. The third-order valence-corrected chi connectivity index (χ3v) is 2.85. The Balaban J connectivity index is 3.92. The van der Waals surface area contributed by atoms with Crippen LogP contribution in [0.15, 0.2) is 0 Å². The highest BCUT2D eigenvalue weighted by atomic mass is 16.5. The molecule has 0 fully saturated rings. The first-order valence-corrected chi connectivity index (χ1v) is 5.51. The predicted octanol–water partition coefficient (Wildman–Crippen LogP) is 1.05. The Morgan fingerprint density at radius 1 is 1.60 bits per heavy atom. The lowest BCUT2D eigenvalue weighted by molar-refractivity contribution is -0.123. The Morgan fingerprint density at radius 2 is 2.20 bits per heavy atom. The van der Waals surface area contributed by atoms with Gasteiger partial charge >= 0.3 is 0 Å². The lowest BCUT2D eigenvalue weighted by atomic mass is 9.99. The van der Waals surface area contributed by atoms with E-state index in [-0.39, 0.29) is 17.6 Å². The quantitative estimate of drug-likeness (QED) is 0.668. The molecule has 0 heterocycles. The fourth-order valence-corrected chi connectivity index (χ4v) is 1.14. The van der Waals surface area contributed by atoms with E-state index in [1.165, 1.54) is 0 Å². The minimum atomic E-state index is -0.270. The van der Waals surface area contributed by atoms with Crippen molar-refractivity contribution in [2.45, 2.75) is 51.7 Å². The molecule has 0 rings (SSSR count). The number of amides is 1.